The normalized spacial score (nSPS) is 18.4. The molecule has 3 amide bonds. The van der Waals surface area contributed by atoms with Crippen molar-refractivity contribution in [3.05, 3.63) is 65.5 Å². The summed E-state index contributed by atoms with van der Waals surface area (Å²) in [5.41, 5.74) is 1.13. The van der Waals surface area contributed by atoms with Crippen LogP contribution in [0.2, 0.25) is 0 Å². The number of ether oxygens (including phenoxy) is 1. The molecule has 2 saturated heterocycles. The molecule has 0 radical (unpaired) electrons. The van der Waals surface area contributed by atoms with Crippen LogP contribution in [0.3, 0.4) is 0 Å². The van der Waals surface area contributed by atoms with Gasteiger partial charge in [0.2, 0.25) is 0 Å². The van der Waals surface area contributed by atoms with E-state index in [-0.39, 0.29) is 24.3 Å². The first-order chi connectivity index (χ1) is 16.3. The maximum absolute atomic E-state index is 13.8. The molecule has 2 heterocycles. The molecule has 0 aliphatic carbocycles. The number of imide groups is 1. The van der Waals surface area contributed by atoms with Crippen molar-refractivity contribution in [1.29, 1.82) is 0 Å². The fourth-order valence-electron chi connectivity index (χ4n) is 4.98. The maximum Gasteiger partial charge on any atom is 0.327 e. The standard InChI is InChI=1S/C27H34FN3O3/c1-20(2)11-14-31-26(33)30(19-22-5-4-6-24(17-22)34-3)25(32)27(31)12-15-29(16-13-27)18-21-7-9-23(28)10-8-21/h4-10,17,20H,11-16,18-19H2,1-3H3. The summed E-state index contributed by atoms with van der Waals surface area (Å²) in [7, 11) is 1.60. The first-order valence-corrected chi connectivity index (χ1v) is 12.1. The molecular weight excluding hydrogens is 433 g/mol. The van der Waals surface area contributed by atoms with Gasteiger partial charge in [-0.1, -0.05) is 38.1 Å². The molecule has 0 aromatic heterocycles. The topological polar surface area (TPSA) is 53.1 Å². The molecular formula is C27H34FN3O3. The molecule has 0 atom stereocenters. The molecule has 2 aromatic carbocycles. The van der Waals surface area contributed by atoms with Crippen molar-refractivity contribution in [3.63, 3.8) is 0 Å². The third kappa shape index (κ3) is 4.94. The number of urea groups is 1. The van der Waals surface area contributed by atoms with E-state index in [1.165, 1.54) is 17.0 Å². The summed E-state index contributed by atoms with van der Waals surface area (Å²) in [6.45, 7) is 7.22. The highest BCUT2D eigenvalue weighted by Crippen LogP contribution is 2.39. The Kier molecular flexibility index (Phi) is 7.22. The maximum atomic E-state index is 13.8. The molecule has 34 heavy (non-hydrogen) atoms. The Morgan fingerprint density at radius 3 is 2.35 bits per heavy atom. The van der Waals surface area contributed by atoms with Crippen molar-refractivity contribution in [2.75, 3.05) is 26.7 Å². The van der Waals surface area contributed by atoms with Crippen molar-refractivity contribution in [2.45, 2.75) is 51.7 Å². The van der Waals surface area contributed by atoms with Gasteiger partial charge >= 0.3 is 6.03 Å². The number of benzene rings is 2. The number of methoxy groups -OCH3 is 1. The minimum atomic E-state index is -0.788. The van der Waals surface area contributed by atoms with E-state index in [4.69, 9.17) is 4.74 Å². The largest absolute Gasteiger partial charge is 0.497 e. The van der Waals surface area contributed by atoms with Gasteiger partial charge in [-0.05, 0) is 60.6 Å². The number of rotatable bonds is 8. The molecule has 0 bridgehead atoms. The summed E-state index contributed by atoms with van der Waals surface area (Å²) in [4.78, 5) is 32.8. The van der Waals surface area contributed by atoms with E-state index in [0.717, 1.165) is 17.5 Å². The zero-order valence-electron chi connectivity index (χ0n) is 20.3. The van der Waals surface area contributed by atoms with Crippen LogP contribution < -0.4 is 4.74 Å². The van der Waals surface area contributed by atoms with Crippen LogP contribution in [0.15, 0.2) is 48.5 Å². The summed E-state index contributed by atoms with van der Waals surface area (Å²) in [6, 6.07) is 13.9. The van der Waals surface area contributed by atoms with E-state index in [9.17, 15) is 14.0 Å². The van der Waals surface area contributed by atoms with E-state index in [1.54, 1.807) is 19.2 Å². The lowest BCUT2D eigenvalue weighted by Crippen LogP contribution is -2.56. The third-order valence-electron chi connectivity index (χ3n) is 7.03. The zero-order valence-corrected chi connectivity index (χ0v) is 20.3. The average Bonchev–Trinajstić information content (AvgIpc) is 3.01. The first-order valence-electron chi connectivity index (χ1n) is 12.1. The second-order valence-electron chi connectivity index (χ2n) is 9.79. The van der Waals surface area contributed by atoms with Gasteiger partial charge in [-0.3, -0.25) is 14.6 Å². The fourth-order valence-corrected chi connectivity index (χ4v) is 4.98. The minimum absolute atomic E-state index is 0.0921. The van der Waals surface area contributed by atoms with Crippen LogP contribution in [-0.2, 0) is 17.9 Å². The van der Waals surface area contributed by atoms with Crippen LogP contribution in [0.25, 0.3) is 0 Å². The van der Waals surface area contributed by atoms with Crippen molar-refractivity contribution in [3.8, 4) is 5.75 Å². The van der Waals surface area contributed by atoms with Gasteiger partial charge in [0.15, 0.2) is 0 Å². The highest BCUT2D eigenvalue weighted by atomic mass is 19.1. The Morgan fingerprint density at radius 1 is 1.00 bits per heavy atom. The first kappa shape index (κ1) is 24.2. The Balaban J connectivity index is 1.52. The Bertz CT molecular complexity index is 1020. The molecule has 2 aliphatic heterocycles. The van der Waals surface area contributed by atoms with E-state index in [0.29, 0.717) is 50.7 Å². The molecule has 2 aromatic rings. The number of hydrogen-bond acceptors (Lipinski definition) is 4. The molecule has 0 saturated carbocycles. The number of carbonyl (C=O) groups is 2. The molecule has 2 aliphatic rings. The number of hydrogen-bond donors (Lipinski definition) is 0. The Morgan fingerprint density at radius 2 is 1.71 bits per heavy atom. The van der Waals surface area contributed by atoms with Gasteiger partial charge in [-0.25, -0.2) is 9.18 Å². The highest BCUT2D eigenvalue weighted by Gasteiger charge is 2.57. The van der Waals surface area contributed by atoms with Crippen LogP contribution in [0.1, 0.15) is 44.2 Å². The Hall–Kier alpha value is -2.93. The SMILES string of the molecule is COc1cccc(CN2C(=O)N(CCC(C)C)C3(CCN(Cc4ccc(F)cc4)CC3)C2=O)c1. The number of likely N-dealkylation sites (tertiary alicyclic amines) is 1. The minimum Gasteiger partial charge on any atom is -0.497 e. The second-order valence-corrected chi connectivity index (χ2v) is 9.79. The van der Waals surface area contributed by atoms with Crippen molar-refractivity contribution in [1.82, 2.24) is 14.7 Å². The fraction of sp³-hybridized carbons (Fsp3) is 0.481. The van der Waals surface area contributed by atoms with Gasteiger partial charge in [0.05, 0.1) is 13.7 Å². The average molecular weight is 468 g/mol. The van der Waals surface area contributed by atoms with Gasteiger partial charge in [0.25, 0.3) is 5.91 Å². The van der Waals surface area contributed by atoms with Gasteiger partial charge < -0.3 is 9.64 Å². The summed E-state index contributed by atoms with van der Waals surface area (Å²) < 4.78 is 18.6. The molecule has 7 heteroatoms. The summed E-state index contributed by atoms with van der Waals surface area (Å²) >= 11 is 0. The van der Waals surface area contributed by atoms with Gasteiger partial charge in [0.1, 0.15) is 17.1 Å². The highest BCUT2D eigenvalue weighted by molar-refractivity contribution is 6.07. The molecule has 0 N–H and O–H groups in total. The predicted molar refractivity (Wildman–Crippen MR) is 129 cm³/mol. The van der Waals surface area contributed by atoms with Gasteiger partial charge in [-0.2, -0.15) is 0 Å². The van der Waals surface area contributed by atoms with Crippen LogP contribution >= 0.6 is 0 Å². The smallest absolute Gasteiger partial charge is 0.327 e. The second kappa shape index (κ2) is 10.1. The number of piperidine rings is 1. The van der Waals surface area contributed by atoms with E-state index >= 15 is 0 Å². The summed E-state index contributed by atoms with van der Waals surface area (Å²) in [5, 5.41) is 0. The molecule has 182 valence electrons. The van der Waals surface area contributed by atoms with Gasteiger partial charge in [-0.15, -0.1) is 0 Å². The molecule has 2 fully saturated rings. The quantitative estimate of drug-likeness (QED) is 0.529. The van der Waals surface area contributed by atoms with Crippen molar-refractivity contribution < 1.29 is 18.7 Å². The van der Waals surface area contributed by atoms with Crippen molar-refractivity contribution in [2.24, 2.45) is 5.92 Å². The van der Waals surface area contributed by atoms with E-state index < -0.39 is 5.54 Å². The predicted octanol–water partition coefficient (Wildman–Crippen LogP) is 4.68. The number of nitrogens with zero attached hydrogens (tertiary/aromatic N) is 3. The lowest BCUT2D eigenvalue weighted by atomic mass is 9.85. The van der Waals surface area contributed by atoms with Crippen LogP contribution in [-0.4, -0.2) is 58.9 Å². The lowest BCUT2D eigenvalue weighted by molar-refractivity contribution is -0.136. The lowest BCUT2D eigenvalue weighted by Gasteiger charge is -2.42. The van der Waals surface area contributed by atoms with Gasteiger partial charge in [0, 0.05) is 26.2 Å². The van der Waals surface area contributed by atoms with E-state index in [2.05, 4.69) is 18.7 Å². The number of amides is 3. The number of carbonyl (C=O) groups excluding carboxylic acids is 2. The Labute approximate surface area is 201 Å². The van der Waals surface area contributed by atoms with Crippen molar-refractivity contribution >= 4 is 11.9 Å². The molecule has 0 unspecified atom stereocenters. The molecule has 1 spiro atoms. The zero-order chi connectivity index (χ0) is 24.3. The summed E-state index contributed by atoms with van der Waals surface area (Å²) in [5.74, 6) is 0.807. The molecule has 4 rings (SSSR count). The molecule has 6 nitrogen and oxygen atoms in total. The monoisotopic (exact) mass is 467 g/mol. The number of halogens is 1. The van der Waals surface area contributed by atoms with Crippen LogP contribution in [0.5, 0.6) is 5.75 Å². The van der Waals surface area contributed by atoms with Crippen LogP contribution in [0, 0.1) is 11.7 Å². The van der Waals surface area contributed by atoms with E-state index in [1.807, 2.05) is 29.2 Å². The summed E-state index contributed by atoms with van der Waals surface area (Å²) in [6.07, 6.45) is 2.06. The third-order valence-corrected chi connectivity index (χ3v) is 7.03. The van der Waals surface area contributed by atoms with Crippen LogP contribution in [0.4, 0.5) is 9.18 Å².